The van der Waals surface area contributed by atoms with E-state index in [0.717, 1.165) is 64.9 Å². The van der Waals surface area contributed by atoms with Crippen molar-refractivity contribution in [3.63, 3.8) is 0 Å². The Hall–Kier alpha value is -7.18. The number of piperazine rings is 1. The van der Waals surface area contributed by atoms with Crippen molar-refractivity contribution in [1.82, 2.24) is 46.0 Å². The third-order valence-corrected chi connectivity index (χ3v) is 14.2. The number of alkyl carbamates (subject to hydrolysis) is 2. The zero-order valence-corrected chi connectivity index (χ0v) is 43.9. The van der Waals surface area contributed by atoms with E-state index in [1.807, 2.05) is 22.9 Å². The molecule has 2 aliphatic rings. The zero-order chi connectivity index (χ0) is 58.4. The first-order valence-corrected chi connectivity index (χ1v) is 24.7. The molecular weight excluding hydrogens is 1070 g/mol. The van der Waals surface area contributed by atoms with Crippen molar-refractivity contribution in [1.29, 1.82) is 0 Å². The Labute approximate surface area is 448 Å². The van der Waals surface area contributed by atoms with Crippen LogP contribution in [0, 0.1) is 34.3 Å². The van der Waals surface area contributed by atoms with E-state index in [1.165, 1.54) is 12.1 Å². The van der Waals surface area contributed by atoms with E-state index in [9.17, 15) is 59.4 Å². The molecule has 5 N–H and O–H groups in total. The van der Waals surface area contributed by atoms with Gasteiger partial charge in [0.1, 0.15) is 29.5 Å². The van der Waals surface area contributed by atoms with Gasteiger partial charge in [-0.1, -0.05) is 30.9 Å². The van der Waals surface area contributed by atoms with Crippen LogP contribution in [0.1, 0.15) is 76.3 Å². The third kappa shape index (κ3) is 14.6. The maximum atomic E-state index is 16.0. The van der Waals surface area contributed by atoms with Gasteiger partial charge in [-0.25, -0.2) is 33.0 Å². The minimum absolute atomic E-state index is 0.172. The van der Waals surface area contributed by atoms with Gasteiger partial charge in [0.15, 0.2) is 0 Å². The highest BCUT2D eigenvalue weighted by Gasteiger charge is 2.57. The maximum Gasteiger partial charge on any atom is 0.407 e. The van der Waals surface area contributed by atoms with Gasteiger partial charge in [-0.05, 0) is 101 Å². The fourth-order valence-electron chi connectivity index (χ4n) is 9.27. The molecule has 17 nitrogen and oxygen atoms in total. The lowest BCUT2D eigenvalue weighted by molar-refractivity contribution is -0.221. The first kappa shape index (κ1) is 61.0. The van der Waals surface area contributed by atoms with Gasteiger partial charge < -0.3 is 35.4 Å². The Morgan fingerprint density at radius 1 is 0.772 bits per heavy atom. The number of nitrogens with one attached hydrogen (secondary N) is 4. The molecule has 0 spiro atoms. The topological polar surface area (TPSA) is 196 Å². The van der Waals surface area contributed by atoms with E-state index in [1.54, 1.807) is 23.6 Å². The number of anilines is 1. The number of hydrogen-bond donors (Lipinski definition) is 5. The van der Waals surface area contributed by atoms with Crippen molar-refractivity contribution >= 4 is 29.8 Å². The van der Waals surface area contributed by atoms with E-state index >= 15 is 8.78 Å². The van der Waals surface area contributed by atoms with Crippen molar-refractivity contribution in [2.75, 3.05) is 45.3 Å². The lowest BCUT2D eigenvalue weighted by Gasteiger charge is -2.41. The number of benzene rings is 2. The van der Waals surface area contributed by atoms with E-state index in [-0.39, 0.29) is 21.4 Å². The molecule has 6 atom stereocenters. The second kappa shape index (κ2) is 24.9. The highest BCUT2D eigenvalue weighted by molar-refractivity contribution is 5.87. The van der Waals surface area contributed by atoms with Gasteiger partial charge in [0.2, 0.25) is 5.91 Å². The van der Waals surface area contributed by atoms with E-state index in [0.29, 0.717) is 68.0 Å². The number of hydrazine groups is 1. The molecule has 0 saturated carbocycles. The molecule has 2 aliphatic heterocycles. The number of likely N-dealkylation sites (N-methyl/N-ethyl adjacent to an activating group) is 1. The first-order chi connectivity index (χ1) is 37.0. The minimum Gasteiger partial charge on any atom is -0.453 e. The number of carbonyl (C=O) groups is 4. The Morgan fingerprint density at radius 3 is 1.78 bits per heavy atom. The molecule has 79 heavy (non-hydrogen) atoms. The van der Waals surface area contributed by atoms with Crippen LogP contribution in [-0.4, -0.2) is 143 Å². The average Bonchev–Trinajstić information content (AvgIpc) is 3.99. The molecule has 0 radical (unpaired) electrons. The SMILES string of the molecule is CCN1C2CCC1CN(c1ccc(C#Cc3ccc(C[C@H](NC(=O)C(NC(=O)OC)C(C)(C)C(F)(F)F)[C@@H](O)CN(Cc4c(F)cc(-c5cnn(C(F)F)c5)cc4F)NC(=O)[C@@H](NC(=O)OC)C(C)(C)C(F)(F)F)cc3)cn1)C2. The van der Waals surface area contributed by atoms with Crippen LogP contribution in [-0.2, 0) is 32.0 Å². The number of pyridine rings is 1. The molecule has 4 amide bonds. The van der Waals surface area contributed by atoms with Crippen LogP contribution in [0.3, 0.4) is 0 Å². The molecule has 27 heteroatoms. The van der Waals surface area contributed by atoms with Gasteiger partial charge in [0.25, 0.3) is 5.91 Å². The molecule has 2 fully saturated rings. The summed E-state index contributed by atoms with van der Waals surface area (Å²) in [5, 5.41) is 21.9. The number of aliphatic hydroxyl groups is 1. The predicted molar refractivity (Wildman–Crippen MR) is 265 cm³/mol. The third-order valence-electron chi connectivity index (χ3n) is 14.2. The van der Waals surface area contributed by atoms with Crippen molar-refractivity contribution in [2.24, 2.45) is 10.8 Å². The van der Waals surface area contributed by atoms with E-state index < -0.39 is 115 Å². The number of rotatable bonds is 19. The summed E-state index contributed by atoms with van der Waals surface area (Å²) < 4.78 is 155. The molecule has 4 heterocycles. The van der Waals surface area contributed by atoms with Crippen molar-refractivity contribution < 1.29 is 77.7 Å². The number of aromatic nitrogens is 3. The van der Waals surface area contributed by atoms with Crippen LogP contribution in [0.15, 0.2) is 67.1 Å². The molecule has 3 unspecified atom stereocenters. The van der Waals surface area contributed by atoms with Gasteiger partial charge in [0, 0.05) is 72.9 Å². The molecule has 2 aromatic carbocycles. The normalized spacial score (nSPS) is 17.5. The lowest BCUT2D eigenvalue weighted by Crippen LogP contribution is -2.63. The molecule has 2 aromatic heterocycles. The number of methoxy groups -OCH3 is 2. The number of ether oxygens (including phenoxy) is 2. The molecule has 6 rings (SSSR count). The lowest BCUT2D eigenvalue weighted by atomic mass is 9.82. The molecule has 2 bridgehead atoms. The first-order valence-electron chi connectivity index (χ1n) is 24.7. The van der Waals surface area contributed by atoms with Crippen molar-refractivity contribution in [2.45, 2.75) is 116 Å². The Balaban J connectivity index is 1.33. The number of halogens is 10. The molecule has 0 aliphatic carbocycles. The number of hydrogen-bond acceptors (Lipinski definition) is 12. The summed E-state index contributed by atoms with van der Waals surface area (Å²) in [4.78, 5) is 62.2. The van der Waals surface area contributed by atoms with Crippen LogP contribution in [0.4, 0.5) is 59.3 Å². The number of aliphatic hydroxyl groups excluding tert-OH is 1. The Morgan fingerprint density at radius 2 is 1.30 bits per heavy atom. The zero-order valence-electron chi connectivity index (χ0n) is 43.9. The van der Waals surface area contributed by atoms with E-state index in [2.05, 4.69) is 53.4 Å². The second-order valence-electron chi connectivity index (χ2n) is 20.2. The second-order valence-corrected chi connectivity index (χ2v) is 20.2. The van der Waals surface area contributed by atoms with Crippen molar-refractivity contribution in [3.8, 4) is 23.0 Å². The standard InChI is InChI=1S/C52H60F10N10O7/c1-8-71-34-16-17-35(71)26-69(25-34)41-18-15-31(22-63-41)14-11-29-9-12-30(13-10-29)19-39(65-44(74)42(66-47(76)78-6)49(2,3)51(57,58)59)40(73)28-70(68-45(75)43(67-48(77)79-7)50(4,5)52(60,61)62)27-36-37(53)20-32(21-38(36)54)33-23-64-72(24-33)46(55)56/h9-10,12-13,15,18,20-24,34-35,39-40,42-43,46,73H,8,16-17,19,25-28H2,1-7H3,(H,65,74)(H,66,76)(H,67,77)(H,68,75)/t34?,35?,39-,40-,42?,43+/m0/s1. The van der Waals surface area contributed by atoms with Crippen LogP contribution in [0.2, 0.25) is 0 Å². The number of nitrogens with zero attached hydrogens (tertiary/aromatic N) is 6. The molecule has 2 saturated heterocycles. The average molecular weight is 1130 g/mol. The maximum absolute atomic E-state index is 16.0. The Kier molecular flexibility index (Phi) is 19.2. The highest BCUT2D eigenvalue weighted by Crippen LogP contribution is 2.42. The smallest absolute Gasteiger partial charge is 0.407 e. The van der Waals surface area contributed by atoms with Gasteiger partial charge in [-0.15, -0.1) is 0 Å². The minimum atomic E-state index is -5.23. The molecular formula is C52H60F10N10O7. The summed E-state index contributed by atoms with van der Waals surface area (Å²) in [5.74, 6) is 0.817. The van der Waals surface area contributed by atoms with Gasteiger partial charge in [0.05, 0.1) is 43.4 Å². The number of fused-ring (bicyclic) bond motifs is 2. The number of carbonyl (C=O) groups excluding carboxylic acids is 4. The highest BCUT2D eigenvalue weighted by atomic mass is 19.4. The summed E-state index contributed by atoms with van der Waals surface area (Å²) >= 11 is 0. The summed E-state index contributed by atoms with van der Waals surface area (Å²) in [5.41, 5.74) is -4.19. The van der Waals surface area contributed by atoms with Gasteiger partial charge in [-0.2, -0.15) is 40.2 Å². The van der Waals surface area contributed by atoms with Crippen LogP contribution < -0.4 is 26.3 Å². The number of amides is 4. The quantitative estimate of drug-likeness (QED) is 0.0360. The van der Waals surface area contributed by atoms with Gasteiger partial charge in [-0.3, -0.25) is 19.9 Å². The summed E-state index contributed by atoms with van der Waals surface area (Å²) in [6, 6.07) is 5.31. The predicted octanol–water partition coefficient (Wildman–Crippen LogP) is 7.24. The van der Waals surface area contributed by atoms with Crippen LogP contribution >= 0.6 is 0 Å². The van der Waals surface area contributed by atoms with Crippen LogP contribution in [0.5, 0.6) is 0 Å². The summed E-state index contributed by atoms with van der Waals surface area (Å²) in [6.45, 7) is 1.76. The largest absolute Gasteiger partial charge is 0.453 e. The van der Waals surface area contributed by atoms with Gasteiger partial charge >= 0.3 is 31.1 Å². The van der Waals surface area contributed by atoms with E-state index in [4.69, 9.17) is 0 Å². The van der Waals surface area contributed by atoms with Crippen molar-refractivity contribution in [3.05, 3.63) is 101 Å². The van der Waals surface area contributed by atoms with Crippen LogP contribution in [0.25, 0.3) is 11.1 Å². The Bertz CT molecular complexity index is 2820. The molecule has 430 valence electrons. The fourth-order valence-corrected chi connectivity index (χ4v) is 9.27. The molecule has 4 aromatic rings. The monoisotopic (exact) mass is 1130 g/mol. The summed E-state index contributed by atoms with van der Waals surface area (Å²) in [7, 11) is 1.61. The summed E-state index contributed by atoms with van der Waals surface area (Å²) in [6.07, 6.45) is -10.4. The number of alkyl halides is 8. The fraction of sp³-hybridized carbons (Fsp3) is 0.500.